The van der Waals surface area contributed by atoms with E-state index in [1.54, 1.807) is 12.3 Å². The summed E-state index contributed by atoms with van der Waals surface area (Å²) in [6.45, 7) is 7.39. The van der Waals surface area contributed by atoms with Crippen molar-refractivity contribution >= 4 is 17.3 Å². The van der Waals surface area contributed by atoms with E-state index in [0.29, 0.717) is 48.5 Å². The number of halogens is 1. The highest BCUT2D eigenvalue weighted by atomic mass is 35.5. The van der Waals surface area contributed by atoms with E-state index in [4.69, 9.17) is 30.5 Å². The number of anilines is 1. The highest BCUT2D eigenvalue weighted by Gasteiger charge is 2.18. The van der Waals surface area contributed by atoms with E-state index in [1.807, 2.05) is 48.5 Å². The lowest BCUT2D eigenvalue weighted by Crippen LogP contribution is -2.23. The molecule has 2 heterocycles. The quantitative estimate of drug-likeness (QED) is 0.134. The molecule has 0 N–H and O–H groups in total. The Balaban J connectivity index is 1.27. The first-order chi connectivity index (χ1) is 23.0. The summed E-state index contributed by atoms with van der Waals surface area (Å²) in [5.74, 6) is 2.71. The maximum absolute atomic E-state index is 9.34. The molecule has 47 heavy (non-hydrogen) atoms. The minimum absolute atomic E-state index is 0.242. The molecule has 6 rings (SSSR count). The zero-order valence-electron chi connectivity index (χ0n) is 26.5. The van der Waals surface area contributed by atoms with E-state index in [0.717, 1.165) is 63.5 Å². The molecule has 0 saturated carbocycles. The van der Waals surface area contributed by atoms with Crippen molar-refractivity contribution < 1.29 is 18.9 Å². The summed E-state index contributed by atoms with van der Waals surface area (Å²) in [7, 11) is 0. The SMILES string of the molecule is CCCN(Cc1cc(Cl)c(OCc2cccc(-c3ccc4c(c3)OCCO4)c2C)cc1OCc1cncc(C#N)c1)c1ccccc1. The second kappa shape index (κ2) is 14.9. The lowest BCUT2D eigenvalue weighted by molar-refractivity contribution is 0.171. The predicted molar refractivity (Wildman–Crippen MR) is 184 cm³/mol. The fourth-order valence-electron chi connectivity index (χ4n) is 5.67. The molecular weight excluding hydrogens is 610 g/mol. The number of para-hydroxylation sites is 1. The van der Waals surface area contributed by atoms with Crippen LogP contribution in [0, 0.1) is 18.3 Å². The van der Waals surface area contributed by atoms with Crippen molar-refractivity contribution in [3.63, 3.8) is 0 Å². The average Bonchev–Trinajstić information content (AvgIpc) is 3.11. The van der Waals surface area contributed by atoms with Crippen LogP contribution in [0.1, 0.15) is 41.2 Å². The van der Waals surface area contributed by atoms with Gasteiger partial charge in [0.25, 0.3) is 0 Å². The first kappa shape index (κ1) is 31.8. The monoisotopic (exact) mass is 645 g/mol. The number of pyridine rings is 1. The largest absolute Gasteiger partial charge is 0.488 e. The van der Waals surface area contributed by atoms with Crippen molar-refractivity contribution in [1.29, 1.82) is 5.26 Å². The molecule has 0 spiro atoms. The highest BCUT2D eigenvalue weighted by Crippen LogP contribution is 2.38. The molecule has 5 aromatic rings. The van der Waals surface area contributed by atoms with Gasteiger partial charge in [-0.2, -0.15) is 5.26 Å². The van der Waals surface area contributed by atoms with Crippen LogP contribution in [0.4, 0.5) is 5.69 Å². The lowest BCUT2D eigenvalue weighted by Gasteiger charge is -2.26. The van der Waals surface area contributed by atoms with Gasteiger partial charge in [-0.1, -0.05) is 61.0 Å². The number of hydrogen-bond acceptors (Lipinski definition) is 7. The molecule has 0 aliphatic carbocycles. The Kier molecular flexibility index (Phi) is 10.1. The maximum atomic E-state index is 9.34. The molecule has 0 amide bonds. The van der Waals surface area contributed by atoms with Gasteiger partial charge in [0.15, 0.2) is 11.5 Å². The minimum Gasteiger partial charge on any atom is -0.488 e. The van der Waals surface area contributed by atoms with Gasteiger partial charge in [0.1, 0.15) is 44.0 Å². The molecule has 0 radical (unpaired) electrons. The van der Waals surface area contributed by atoms with E-state index in [-0.39, 0.29) is 6.61 Å². The first-order valence-electron chi connectivity index (χ1n) is 15.7. The van der Waals surface area contributed by atoms with E-state index in [1.165, 1.54) is 6.20 Å². The molecule has 4 aromatic carbocycles. The van der Waals surface area contributed by atoms with E-state index < -0.39 is 0 Å². The summed E-state index contributed by atoms with van der Waals surface area (Å²) in [6, 6.07) is 30.3. The molecule has 8 heteroatoms. The third-order valence-electron chi connectivity index (χ3n) is 8.09. The van der Waals surface area contributed by atoms with Crippen LogP contribution in [0.2, 0.25) is 5.02 Å². The Morgan fingerprint density at radius 1 is 0.851 bits per heavy atom. The Labute approximate surface area is 280 Å². The molecule has 0 fully saturated rings. The molecular formula is C39H36ClN3O4. The maximum Gasteiger partial charge on any atom is 0.161 e. The Morgan fingerprint density at radius 2 is 1.66 bits per heavy atom. The number of nitrogens with zero attached hydrogens (tertiary/aromatic N) is 3. The van der Waals surface area contributed by atoms with Crippen LogP contribution in [-0.2, 0) is 19.8 Å². The van der Waals surface area contributed by atoms with Crippen molar-refractivity contribution in [2.45, 2.75) is 40.0 Å². The third kappa shape index (κ3) is 7.62. The third-order valence-corrected chi connectivity index (χ3v) is 8.39. The fourth-order valence-corrected chi connectivity index (χ4v) is 5.91. The smallest absolute Gasteiger partial charge is 0.161 e. The fraction of sp³-hybridized carbons (Fsp3) is 0.231. The van der Waals surface area contributed by atoms with Gasteiger partial charge in [-0.3, -0.25) is 4.98 Å². The van der Waals surface area contributed by atoms with Crippen LogP contribution < -0.4 is 23.8 Å². The van der Waals surface area contributed by atoms with Gasteiger partial charge in [0, 0.05) is 48.4 Å². The summed E-state index contributed by atoms with van der Waals surface area (Å²) >= 11 is 6.89. The molecule has 1 aliphatic heterocycles. The highest BCUT2D eigenvalue weighted by molar-refractivity contribution is 6.32. The van der Waals surface area contributed by atoms with Crippen LogP contribution in [0.25, 0.3) is 11.1 Å². The lowest BCUT2D eigenvalue weighted by atomic mass is 9.96. The van der Waals surface area contributed by atoms with Crippen molar-refractivity contribution in [2.75, 3.05) is 24.7 Å². The van der Waals surface area contributed by atoms with Crippen LogP contribution >= 0.6 is 11.6 Å². The van der Waals surface area contributed by atoms with E-state index >= 15 is 0 Å². The average molecular weight is 646 g/mol. The van der Waals surface area contributed by atoms with Crippen LogP contribution in [0.15, 0.2) is 97.3 Å². The number of rotatable bonds is 12. The molecule has 0 saturated heterocycles. The molecule has 0 unspecified atom stereocenters. The first-order valence-corrected chi connectivity index (χ1v) is 16.1. The molecule has 238 valence electrons. The molecule has 1 aromatic heterocycles. The van der Waals surface area contributed by atoms with Gasteiger partial charge < -0.3 is 23.8 Å². The van der Waals surface area contributed by atoms with Gasteiger partial charge in [-0.15, -0.1) is 0 Å². The molecule has 7 nitrogen and oxygen atoms in total. The molecule has 0 bridgehead atoms. The predicted octanol–water partition coefficient (Wildman–Crippen LogP) is 8.93. The zero-order valence-corrected chi connectivity index (χ0v) is 27.3. The minimum atomic E-state index is 0.242. The van der Waals surface area contributed by atoms with E-state index in [2.05, 4.69) is 60.1 Å². The van der Waals surface area contributed by atoms with Gasteiger partial charge in [0.05, 0.1) is 10.6 Å². The summed E-state index contributed by atoms with van der Waals surface area (Å²) in [5, 5.41) is 9.84. The van der Waals surface area contributed by atoms with Crippen LogP contribution in [0.5, 0.6) is 23.0 Å². The van der Waals surface area contributed by atoms with Gasteiger partial charge >= 0.3 is 0 Å². The molecule has 0 atom stereocenters. The van der Waals surface area contributed by atoms with Gasteiger partial charge in [0.2, 0.25) is 0 Å². The number of benzene rings is 4. The summed E-state index contributed by atoms with van der Waals surface area (Å²) in [5.41, 5.74) is 7.63. The van der Waals surface area contributed by atoms with Crippen molar-refractivity contribution in [3.05, 3.63) is 130 Å². The number of ether oxygens (including phenoxy) is 4. The number of fused-ring (bicyclic) bond motifs is 1. The van der Waals surface area contributed by atoms with Gasteiger partial charge in [-0.25, -0.2) is 0 Å². The Hall–Kier alpha value is -5.19. The second-order valence-corrected chi connectivity index (χ2v) is 11.8. The van der Waals surface area contributed by atoms with Crippen molar-refractivity contribution in [3.8, 4) is 40.2 Å². The normalized spacial score (nSPS) is 11.9. The molecule has 1 aliphatic rings. The van der Waals surface area contributed by atoms with Crippen LogP contribution in [0.3, 0.4) is 0 Å². The zero-order chi connectivity index (χ0) is 32.6. The number of hydrogen-bond donors (Lipinski definition) is 0. The summed E-state index contributed by atoms with van der Waals surface area (Å²) in [6.07, 6.45) is 4.23. The van der Waals surface area contributed by atoms with Gasteiger partial charge in [-0.05, 0) is 72.0 Å². The Morgan fingerprint density at radius 3 is 2.47 bits per heavy atom. The standard InChI is InChI=1S/C39H36ClN3O4/c1-3-14-43(33-9-5-4-6-10-33)24-32-18-35(40)38(20-37(32)46-25-29-17-28(21-41)22-42-23-29)47-26-31-8-7-11-34(27(31)2)30-12-13-36-39(19-30)45-16-15-44-36/h4-13,17-20,22-23H,3,14-16,24-26H2,1-2H3. The second-order valence-electron chi connectivity index (χ2n) is 11.4. The Bertz CT molecular complexity index is 1890. The number of nitriles is 1. The number of aromatic nitrogens is 1. The topological polar surface area (TPSA) is 76.8 Å². The van der Waals surface area contributed by atoms with Crippen molar-refractivity contribution in [2.24, 2.45) is 0 Å². The van der Waals surface area contributed by atoms with Crippen molar-refractivity contribution in [1.82, 2.24) is 4.98 Å². The summed E-state index contributed by atoms with van der Waals surface area (Å²) < 4.78 is 24.3. The van der Waals surface area contributed by atoms with E-state index in [9.17, 15) is 5.26 Å². The van der Waals surface area contributed by atoms with Crippen LogP contribution in [-0.4, -0.2) is 24.7 Å². The summed E-state index contributed by atoms with van der Waals surface area (Å²) in [4.78, 5) is 6.50.